The predicted molar refractivity (Wildman–Crippen MR) is 143 cm³/mol. The molecule has 0 aromatic heterocycles. The molecule has 0 amide bonds. The number of benzene rings is 3. The Morgan fingerprint density at radius 2 is 1.56 bits per heavy atom. The Labute approximate surface area is 214 Å². The van der Waals surface area contributed by atoms with Crippen molar-refractivity contribution < 1.29 is 13.2 Å². The van der Waals surface area contributed by atoms with Gasteiger partial charge in [0.1, 0.15) is 11.8 Å². The summed E-state index contributed by atoms with van der Waals surface area (Å²) in [5, 5.41) is 8.69. The summed E-state index contributed by atoms with van der Waals surface area (Å²) in [6.07, 6.45) is 5.77. The Kier molecular flexibility index (Phi) is 7.12. The van der Waals surface area contributed by atoms with E-state index in [4.69, 9.17) is 9.84 Å². The van der Waals surface area contributed by atoms with Crippen LogP contribution in [0, 0.1) is 6.92 Å². The van der Waals surface area contributed by atoms with E-state index in [0.717, 1.165) is 41.0 Å². The fraction of sp³-hybridized carbons (Fsp3) is 0.345. The van der Waals surface area contributed by atoms with Crippen molar-refractivity contribution >= 4 is 15.7 Å². The molecule has 1 aliphatic heterocycles. The third-order valence-electron chi connectivity index (χ3n) is 7.17. The minimum atomic E-state index is -3.90. The first-order valence-corrected chi connectivity index (χ1v) is 14.1. The van der Waals surface area contributed by atoms with Crippen molar-refractivity contribution in [2.45, 2.75) is 62.0 Å². The number of rotatable bonds is 7. The van der Waals surface area contributed by atoms with Crippen molar-refractivity contribution in [2.24, 2.45) is 5.10 Å². The van der Waals surface area contributed by atoms with Gasteiger partial charge in [0, 0.05) is 6.04 Å². The summed E-state index contributed by atoms with van der Waals surface area (Å²) in [7, 11) is -2.26. The van der Waals surface area contributed by atoms with Crippen molar-refractivity contribution in [1.29, 1.82) is 0 Å². The minimum Gasteiger partial charge on any atom is -0.497 e. The molecule has 0 radical (unpaired) electrons. The van der Waals surface area contributed by atoms with Crippen molar-refractivity contribution in [3.63, 3.8) is 0 Å². The smallest absolute Gasteiger partial charge is 0.279 e. The van der Waals surface area contributed by atoms with Gasteiger partial charge in [-0.25, -0.2) is 0 Å². The van der Waals surface area contributed by atoms with E-state index >= 15 is 0 Å². The maximum absolute atomic E-state index is 14.0. The molecule has 1 heterocycles. The first-order chi connectivity index (χ1) is 17.5. The summed E-state index contributed by atoms with van der Waals surface area (Å²) in [6, 6.07) is 24.0. The van der Waals surface area contributed by atoms with E-state index in [2.05, 4.69) is 5.32 Å². The van der Waals surface area contributed by atoms with E-state index in [9.17, 15) is 8.42 Å². The van der Waals surface area contributed by atoms with Crippen LogP contribution in [-0.2, 0) is 10.0 Å². The molecule has 36 heavy (non-hydrogen) atoms. The van der Waals surface area contributed by atoms with Crippen LogP contribution in [0.3, 0.4) is 0 Å². The third kappa shape index (κ3) is 4.90. The van der Waals surface area contributed by atoms with Crippen LogP contribution in [0.15, 0.2) is 88.9 Å². The first kappa shape index (κ1) is 24.5. The Hall–Kier alpha value is -3.16. The second-order valence-corrected chi connectivity index (χ2v) is 11.4. The van der Waals surface area contributed by atoms with Crippen molar-refractivity contribution in [3.05, 3.63) is 95.6 Å². The molecule has 6 nitrogen and oxygen atoms in total. The van der Waals surface area contributed by atoms with E-state index < -0.39 is 16.1 Å². The molecule has 0 unspecified atom stereocenters. The van der Waals surface area contributed by atoms with Crippen molar-refractivity contribution in [2.75, 3.05) is 7.11 Å². The van der Waals surface area contributed by atoms with Crippen LogP contribution in [0.25, 0.3) is 0 Å². The number of sulfonamides is 1. The van der Waals surface area contributed by atoms with Gasteiger partial charge >= 0.3 is 0 Å². The minimum absolute atomic E-state index is 0.241. The Morgan fingerprint density at radius 1 is 0.889 bits per heavy atom. The average molecular weight is 504 g/mol. The second-order valence-electron chi connectivity index (χ2n) is 9.64. The first-order valence-electron chi connectivity index (χ1n) is 12.6. The summed E-state index contributed by atoms with van der Waals surface area (Å²) >= 11 is 0. The van der Waals surface area contributed by atoms with Crippen molar-refractivity contribution in [1.82, 2.24) is 9.73 Å². The van der Waals surface area contributed by atoms with Crippen LogP contribution >= 0.6 is 0 Å². The fourth-order valence-corrected chi connectivity index (χ4v) is 6.63. The van der Waals surface area contributed by atoms with Gasteiger partial charge in [0.2, 0.25) is 0 Å². The molecule has 1 fully saturated rings. The number of ether oxygens (including phenoxy) is 1. The van der Waals surface area contributed by atoms with E-state index in [1.165, 1.54) is 23.7 Å². The fourth-order valence-electron chi connectivity index (χ4n) is 5.19. The number of methoxy groups -OCH3 is 1. The molecule has 3 aromatic rings. The zero-order valence-corrected chi connectivity index (χ0v) is 21.6. The van der Waals surface area contributed by atoms with E-state index in [0.29, 0.717) is 6.04 Å². The molecule has 7 heteroatoms. The van der Waals surface area contributed by atoms with Gasteiger partial charge < -0.3 is 10.1 Å². The number of nitrogens with zero attached hydrogens (tertiary/aromatic N) is 2. The van der Waals surface area contributed by atoms with Crippen LogP contribution in [0.1, 0.15) is 54.8 Å². The lowest BCUT2D eigenvalue weighted by molar-refractivity contribution is 0.291. The number of hydrazone groups is 1. The molecule has 2 atom stereocenters. The summed E-state index contributed by atoms with van der Waals surface area (Å²) in [5.74, 6) is 0.748. The van der Waals surface area contributed by atoms with Gasteiger partial charge in [-0.2, -0.15) is 17.9 Å². The maximum Gasteiger partial charge on any atom is 0.279 e. The largest absolute Gasteiger partial charge is 0.497 e. The van der Waals surface area contributed by atoms with Gasteiger partial charge in [-0.1, -0.05) is 67.3 Å². The Morgan fingerprint density at radius 3 is 2.19 bits per heavy atom. The summed E-state index contributed by atoms with van der Waals surface area (Å²) in [5.41, 5.74) is 3.53. The van der Waals surface area contributed by atoms with Gasteiger partial charge in [0.05, 0.1) is 23.8 Å². The Balaban J connectivity index is 1.63. The van der Waals surface area contributed by atoms with Crippen LogP contribution < -0.4 is 10.1 Å². The molecule has 5 rings (SSSR count). The van der Waals surface area contributed by atoms with Crippen molar-refractivity contribution in [3.8, 4) is 5.75 Å². The van der Waals surface area contributed by atoms with Crippen LogP contribution in [0.2, 0.25) is 0 Å². The monoisotopic (exact) mass is 503 g/mol. The number of hydrogen-bond acceptors (Lipinski definition) is 5. The quantitative estimate of drug-likeness (QED) is 0.466. The zero-order chi connectivity index (χ0) is 25.1. The van der Waals surface area contributed by atoms with Crippen LogP contribution in [0.5, 0.6) is 5.75 Å². The lowest BCUT2D eigenvalue weighted by Gasteiger charge is -2.32. The average Bonchev–Trinajstić information content (AvgIpc) is 3.30. The molecule has 0 spiro atoms. The van der Waals surface area contributed by atoms with Crippen LogP contribution in [-0.4, -0.2) is 37.7 Å². The topological polar surface area (TPSA) is 71.0 Å². The third-order valence-corrected chi connectivity index (χ3v) is 8.84. The zero-order valence-electron chi connectivity index (χ0n) is 20.8. The summed E-state index contributed by atoms with van der Waals surface area (Å²) in [6.45, 7) is 1.95. The predicted octanol–water partition coefficient (Wildman–Crippen LogP) is 5.44. The molecule has 1 aliphatic carbocycles. The molecular weight excluding hydrogens is 470 g/mol. The highest BCUT2D eigenvalue weighted by Crippen LogP contribution is 2.38. The van der Waals surface area contributed by atoms with Gasteiger partial charge in [-0.15, -0.1) is 0 Å². The highest BCUT2D eigenvalue weighted by atomic mass is 32.2. The highest BCUT2D eigenvalue weighted by Gasteiger charge is 2.45. The molecule has 0 bridgehead atoms. The molecule has 188 valence electrons. The lowest BCUT2D eigenvalue weighted by atomic mass is 9.90. The maximum atomic E-state index is 14.0. The molecule has 0 saturated heterocycles. The van der Waals surface area contributed by atoms with Gasteiger partial charge in [0.15, 0.2) is 0 Å². The second kappa shape index (κ2) is 10.4. The number of hydrogen-bond donors (Lipinski definition) is 1. The SMILES string of the molecule is COc1ccc(C2=NN(S(=O)(=O)c3ccc(C)cc3)[C@H](c3ccccc3)[C@H]2NC2CCCCC2)cc1. The number of aryl methyl sites for hydroxylation is 1. The highest BCUT2D eigenvalue weighted by molar-refractivity contribution is 7.89. The molecule has 3 aromatic carbocycles. The molecule has 2 aliphatic rings. The number of nitrogens with one attached hydrogen (secondary N) is 1. The summed E-state index contributed by atoms with van der Waals surface area (Å²) < 4.78 is 34.7. The Bertz CT molecular complexity index is 1300. The van der Waals surface area contributed by atoms with Crippen LogP contribution in [0.4, 0.5) is 0 Å². The van der Waals surface area contributed by atoms with Gasteiger partial charge in [0.25, 0.3) is 10.0 Å². The lowest BCUT2D eigenvalue weighted by Crippen LogP contribution is -2.48. The molecular formula is C29H33N3O3S. The molecule has 1 saturated carbocycles. The van der Waals surface area contributed by atoms with Gasteiger partial charge in [-0.3, -0.25) is 0 Å². The normalized spacial score (nSPS) is 20.8. The standard InChI is InChI=1S/C29H33N3O3S/c1-21-13-19-26(20-14-21)36(33,34)32-29(23-9-5-3-6-10-23)28(30-24-11-7-4-8-12-24)27(31-32)22-15-17-25(35-2)18-16-22/h3,5-6,9-10,13-20,24,28-30H,4,7-8,11-12H2,1-2H3/t28-,29+/m0/s1. The molecule has 1 N–H and O–H groups in total. The van der Waals surface area contributed by atoms with E-state index in [-0.39, 0.29) is 10.9 Å². The van der Waals surface area contributed by atoms with E-state index in [1.54, 1.807) is 19.2 Å². The van der Waals surface area contributed by atoms with Gasteiger partial charge in [-0.05, 0) is 67.3 Å². The van der Waals surface area contributed by atoms with E-state index in [1.807, 2.05) is 73.7 Å². The summed E-state index contributed by atoms with van der Waals surface area (Å²) in [4.78, 5) is 0.241.